The first-order valence-electron chi connectivity index (χ1n) is 7.98. The molecule has 0 amide bonds. The summed E-state index contributed by atoms with van der Waals surface area (Å²) in [7, 11) is -2.85. The van der Waals surface area contributed by atoms with Crippen molar-refractivity contribution in [2.24, 2.45) is 16.6 Å². The summed E-state index contributed by atoms with van der Waals surface area (Å²) < 4.78 is 23.1. The minimum atomic E-state index is -2.85. The molecule has 0 aromatic carbocycles. The highest BCUT2D eigenvalue weighted by atomic mass is 32.2. The molecule has 2 fully saturated rings. The summed E-state index contributed by atoms with van der Waals surface area (Å²) in [6.07, 6.45) is 4.14. The van der Waals surface area contributed by atoms with Crippen LogP contribution in [0, 0.1) is 5.92 Å². The van der Waals surface area contributed by atoms with Crippen LogP contribution in [0.3, 0.4) is 0 Å². The van der Waals surface area contributed by atoms with Crippen LogP contribution in [-0.2, 0) is 9.84 Å². The highest BCUT2D eigenvalue weighted by Gasteiger charge is 2.25. The van der Waals surface area contributed by atoms with Crippen LogP contribution >= 0.6 is 0 Å². The normalized spacial score (nSPS) is 30.4. The maximum Gasteiger partial charge on any atom is 0.188 e. The van der Waals surface area contributed by atoms with Crippen LogP contribution in [0.5, 0.6) is 0 Å². The quantitative estimate of drug-likeness (QED) is 0.559. The fourth-order valence-electron chi connectivity index (χ4n) is 3.31. The standard InChI is InChI=1S/C14H28N4O2S/c1-2-18-7-3-6-13(18)10-17-14(15)16-9-12-5-4-8-21(19,20)11-12/h12-13H,2-11H2,1H3,(H3,15,16,17). The van der Waals surface area contributed by atoms with Crippen LogP contribution in [0.4, 0.5) is 0 Å². The third-order valence-electron chi connectivity index (χ3n) is 4.50. The molecule has 6 nitrogen and oxygen atoms in total. The van der Waals surface area contributed by atoms with Crippen molar-refractivity contribution in [3.8, 4) is 0 Å². The zero-order valence-electron chi connectivity index (χ0n) is 12.9. The summed E-state index contributed by atoms with van der Waals surface area (Å²) in [6, 6.07) is 0.541. The second kappa shape index (κ2) is 7.45. The highest BCUT2D eigenvalue weighted by Crippen LogP contribution is 2.18. The molecule has 7 heteroatoms. The molecule has 0 aromatic heterocycles. The first-order valence-corrected chi connectivity index (χ1v) is 9.80. The Bertz CT molecular complexity index is 464. The van der Waals surface area contributed by atoms with E-state index in [0.717, 1.165) is 25.9 Å². The molecule has 0 spiro atoms. The van der Waals surface area contributed by atoms with Gasteiger partial charge in [0.05, 0.1) is 11.5 Å². The molecule has 21 heavy (non-hydrogen) atoms. The van der Waals surface area contributed by atoms with E-state index in [0.29, 0.717) is 24.3 Å². The molecule has 2 unspecified atom stereocenters. The molecule has 3 N–H and O–H groups in total. The summed E-state index contributed by atoms with van der Waals surface area (Å²) in [5.74, 6) is 1.16. The van der Waals surface area contributed by atoms with E-state index in [1.165, 1.54) is 19.4 Å². The maximum atomic E-state index is 11.6. The number of likely N-dealkylation sites (tertiary alicyclic amines) is 1. The Morgan fingerprint density at radius 1 is 1.38 bits per heavy atom. The van der Waals surface area contributed by atoms with Gasteiger partial charge in [-0.2, -0.15) is 0 Å². The average Bonchev–Trinajstić information content (AvgIpc) is 2.89. The minimum absolute atomic E-state index is 0.128. The van der Waals surface area contributed by atoms with Gasteiger partial charge in [-0.1, -0.05) is 6.92 Å². The summed E-state index contributed by atoms with van der Waals surface area (Å²) in [4.78, 5) is 6.78. The molecule has 0 aromatic rings. The van der Waals surface area contributed by atoms with Crippen molar-refractivity contribution < 1.29 is 8.42 Å². The van der Waals surface area contributed by atoms with Crippen LogP contribution in [0.1, 0.15) is 32.6 Å². The second-order valence-electron chi connectivity index (χ2n) is 6.15. The van der Waals surface area contributed by atoms with E-state index in [2.05, 4.69) is 22.1 Å². The van der Waals surface area contributed by atoms with Crippen LogP contribution in [-0.4, -0.2) is 63.0 Å². The van der Waals surface area contributed by atoms with E-state index < -0.39 is 9.84 Å². The van der Waals surface area contributed by atoms with Gasteiger partial charge in [-0.25, -0.2) is 8.42 Å². The zero-order valence-corrected chi connectivity index (χ0v) is 13.7. The lowest BCUT2D eigenvalue weighted by Gasteiger charge is -2.23. The van der Waals surface area contributed by atoms with Crippen LogP contribution in [0.25, 0.3) is 0 Å². The third-order valence-corrected chi connectivity index (χ3v) is 6.39. The van der Waals surface area contributed by atoms with E-state index in [1.54, 1.807) is 0 Å². The van der Waals surface area contributed by atoms with Crippen molar-refractivity contribution in [1.29, 1.82) is 0 Å². The molecule has 0 saturated carbocycles. The Labute approximate surface area is 128 Å². The van der Waals surface area contributed by atoms with Gasteiger partial charge in [-0.3, -0.25) is 9.89 Å². The number of likely N-dealkylation sites (N-methyl/N-ethyl adjacent to an activating group) is 1. The molecule has 2 heterocycles. The van der Waals surface area contributed by atoms with Crippen molar-refractivity contribution in [2.45, 2.75) is 38.6 Å². The largest absolute Gasteiger partial charge is 0.370 e. The first-order chi connectivity index (χ1) is 10.00. The van der Waals surface area contributed by atoms with Crippen molar-refractivity contribution >= 4 is 15.8 Å². The van der Waals surface area contributed by atoms with Crippen molar-refractivity contribution in [3.63, 3.8) is 0 Å². The Kier molecular flexibility index (Phi) is 5.87. The van der Waals surface area contributed by atoms with Gasteiger partial charge in [0.1, 0.15) is 0 Å². The van der Waals surface area contributed by atoms with Gasteiger partial charge in [0.15, 0.2) is 15.8 Å². The lowest BCUT2D eigenvalue weighted by atomic mass is 10.1. The van der Waals surface area contributed by atoms with Crippen molar-refractivity contribution in [2.75, 3.05) is 37.7 Å². The summed E-state index contributed by atoms with van der Waals surface area (Å²) >= 11 is 0. The maximum absolute atomic E-state index is 11.6. The van der Waals surface area contributed by atoms with Crippen LogP contribution < -0.4 is 11.1 Å². The van der Waals surface area contributed by atoms with Gasteiger partial charge in [0, 0.05) is 19.1 Å². The van der Waals surface area contributed by atoms with Crippen LogP contribution in [0.2, 0.25) is 0 Å². The van der Waals surface area contributed by atoms with Gasteiger partial charge < -0.3 is 11.1 Å². The summed E-state index contributed by atoms with van der Waals surface area (Å²) in [5, 5.41) is 3.19. The Balaban J connectivity index is 1.74. The number of nitrogens with zero attached hydrogens (tertiary/aromatic N) is 2. The van der Waals surface area contributed by atoms with E-state index in [-0.39, 0.29) is 11.7 Å². The average molecular weight is 316 g/mol. The molecule has 2 rings (SSSR count). The Morgan fingerprint density at radius 2 is 2.19 bits per heavy atom. The Morgan fingerprint density at radius 3 is 2.90 bits per heavy atom. The van der Waals surface area contributed by atoms with E-state index in [4.69, 9.17) is 5.73 Å². The van der Waals surface area contributed by atoms with E-state index in [1.807, 2.05) is 0 Å². The predicted molar refractivity (Wildman–Crippen MR) is 86.1 cm³/mol. The van der Waals surface area contributed by atoms with Gasteiger partial charge >= 0.3 is 0 Å². The van der Waals surface area contributed by atoms with Gasteiger partial charge in [-0.15, -0.1) is 0 Å². The molecule has 2 aliphatic rings. The lowest BCUT2D eigenvalue weighted by Crippen LogP contribution is -2.43. The molecular formula is C14H28N4O2S. The lowest BCUT2D eigenvalue weighted by molar-refractivity contribution is 0.267. The fraction of sp³-hybridized carbons (Fsp3) is 0.929. The van der Waals surface area contributed by atoms with Crippen molar-refractivity contribution in [3.05, 3.63) is 0 Å². The number of hydrogen-bond acceptors (Lipinski definition) is 4. The fourth-order valence-corrected chi connectivity index (χ4v) is 5.07. The van der Waals surface area contributed by atoms with Crippen molar-refractivity contribution in [1.82, 2.24) is 10.2 Å². The number of nitrogens with two attached hydrogens (primary N) is 1. The number of rotatable bonds is 5. The second-order valence-corrected chi connectivity index (χ2v) is 8.38. The molecule has 2 saturated heterocycles. The van der Waals surface area contributed by atoms with E-state index >= 15 is 0 Å². The summed E-state index contributed by atoms with van der Waals surface area (Å²) in [6.45, 7) is 5.76. The topological polar surface area (TPSA) is 87.8 Å². The van der Waals surface area contributed by atoms with Gasteiger partial charge in [-0.05, 0) is 44.7 Å². The van der Waals surface area contributed by atoms with Gasteiger partial charge in [0.2, 0.25) is 0 Å². The van der Waals surface area contributed by atoms with E-state index in [9.17, 15) is 8.42 Å². The predicted octanol–water partition coefficient (Wildman–Crippen LogP) is 0.200. The molecule has 0 radical (unpaired) electrons. The SMILES string of the molecule is CCN1CCCC1CNC(N)=NCC1CCCS(=O)(=O)C1. The molecular weight excluding hydrogens is 288 g/mol. The smallest absolute Gasteiger partial charge is 0.188 e. The van der Waals surface area contributed by atoms with Crippen LogP contribution in [0.15, 0.2) is 4.99 Å². The number of nitrogens with one attached hydrogen (secondary N) is 1. The molecule has 0 aliphatic carbocycles. The number of sulfone groups is 1. The highest BCUT2D eigenvalue weighted by molar-refractivity contribution is 7.91. The molecule has 0 bridgehead atoms. The minimum Gasteiger partial charge on any atom is -0.370 e. The van der Waals surface area contributed by atoms with Gasteiger partial charge in [0.25, 0.3) is 0 Å². The molecule has 2 atom stereocenters. The number of hydrogen-bond donors (Lipinski definition) is 2. The monoisotopic (exact) mass is 316 g/mol. The summed E-state index contributed by atoms with van der Waals surface area (Å²) in [5.41, 5.74) is 5.89. The number of guanidine groups is 1. The molecule has 2 aliphatic heterocycles. The molecule has 122 valence electrons. The third kappa shape index (κ3) is 5.14. The zero-order chi connectivity index (χ0) is 15.3. The number of aliphatic imine (C=N–C) groups is 1. The Hall–Kier alpha value is -0.820. The first kappa shape index (κ1) is 16.5.